The van der Waals surface area contributed by atoms with Gasteiger partial charge in [-0.05, 0) is 19.4 Å². The summed E-state index contributed by atoms with van der Waals surface area (Å²) in [4.78, 5) is 13.6. The lowest BCUT2D eigenvalue weighted by atomic mass is 10.1. The molecule has 86 valence electrons. The lowest BCUT2D eigenvalue weighted by Gasteiger charge is -2.26. The molecule has 2 rings (SSSR count). The van der Waals surface area contributed by atoms with Crippen molar-refractivity contribution in [3.05, 3.63) is 0 Å². The molecule has 2 fully saturated rings. The van der Waals surface area contributed by atoms with Crippen LogP contribution in [0.3, 0.4) is 0 Å². The van der Waals surface area contributed by atoms with Gasteiger partial charge in [0.2, 0.25) is 0 Å². The SMILES string of the molecule is CCN(C[C@@H]1CCCO1)[C@H]1CCOC1=O. The van der Waals surface area contributed by atoms with Gasteiger partial charge in [-0.25, -0.2) is 0 Å². The molecule has 2 aliphatic rings. The number of carbonyl (C=O) groups is 1. The lowest BCUT2D eigenvalue weighted by Crippen LogP contribution is -2.42. The second kappa shape index (κ2) is 4.94. The van der Waals surface area contributed by atoms with Gasteiger partial charge in [-0.3, -0.25) is 9.69 Å². The molecule has 4 nitrogen and oxygen atoms in total. The summed E-state index contributed by atoms with van der Waals surface area (Å²) in [5.74, 6) is -0.0603. The van der Waals surface area contributed by atoms with Crippen LogP contribution in [0.5, 0.6) is 0 Å². The molecular formula is C11H19NO3. The zero-order valence-corrected chi connectivity index (χ0v) is 9.28. The van der Waals surface area contributed by atoms with E-state index in [1.807, 2.05) is 0 Å². The minimum absolute atomic E-state index is 0.0285. The number of hydrogen-bond donors (Lipinski definition) is 0. The summed E-state index contributed by atoms with van der Waals surface area (Å²) in [7, 11) is 0. The number of cyclic esters (lactones) is 1. The first kappa shape index (κ1) is 10.9. The fourth-order valence-corrected chi connectivity index (χ4v) is 2.34. The zero-order valence-electron chi connectivity index (χ0n) is 9.28. The van der Waals surface area contributed by atoms with Crippen LogP contribution in [0.4, 0.5) is 0 Å². The van der Waals surface area contributed by atoms with Crippen molar-refractivity contribution in [2.75, 3.05) is 26.3 Å². The van der Waals surface area contributed by atoms with Gasteiger partial charge < -0.3 is 9.47 Å². The van der Waals surface area contributed by atoms with Crippen molar-refractivity contribution in [2.24, 2.45) is 0 Å². The molecule has 0 N–H and O–H groups in total. The molecule has 2 heterocycles. The molecule has 2 aliphatic heterocycles. The van der Waals surface area contributed by atoms with E-state index in [1.165, 1.54) is 0 Å². The number of carbonyl (C=O) groups excluding carboxylic acids is 1. The Balaban J connectivity index is 1.88. The highest BCUT2D eigenvalue weighted by atomic mass is 16.5. The molecule has 0 bridgehead atoms. The fraction of sp³-hybridized carbons (Fsp3) is 0.909. The Morgan fingerprint density at radius 3 is 2.80 bits per heavy atom. The predicted octanol–water partition coefficient (Wildman–Crippen LogP) is 0.803. The van der Waals surface area contributed by atoms with Crippen molar-refractivity contribution in [3.63, 3.8) is 0 Å². The van der Waals surface area contributed by atoms with E-state index in [-0.39, 0.29) is 12.0 Å². The number of nitrogens with zero attached hydrogens (tertiary/aromatic N) is 1. The minimum Gasteiger partial charge on any atom is -0.464 e. The van der Waals surface area contributed by atoms with Gasteiger partial charge in [-0.1, -0.05) is 6.92 Å². The average Bonchev–Trinajstić information content (AvgIpc) is 2.85. The van der Waals surface area contributed by atoms with Gasteiger partial charge in [0.1, 0.15) is 6.04 Å². The van der Waals surface area contributed by atoms with Gasteiger partial charge in [-0.15, -0.1) is 0 Å². The van der Waals surface area contributed by atoms with Crippen LogP contribution in [-0.4, -0.2) is 49.3 Å². The highest BCUT2D eigenvalue weighted by Crippen LogP contribution is 2.18. The molecule has 0 aromatic heterocycles. The van der Waals surface area contributed by atoms with Gasteiger partial charge in [0, 0.05) is 19.6 Å². The molecule has 0 saturated carbocycles. The summed E-state index contributed by atoms with van der Waals surface area (Å²) in [6.07, 6.45) is 3.42. The van der Waals surface area contributed by atoms with Crippen LogP contribution in [0, 0.1) is 0 Å². The molecule has 0 radical (unpaired) electrons. The van der Waals surface area contributed by atoms with E-state index in [9.17, 15) is 4.79 Å². The first-order valence-electron chi connectivity index (χ1n) is 5.83. The topological polar surface area (TPSA) is 38.8 Å². The molecule has 15 heavy (non-hydrogen) atoms. The van der Waals surface area contributed by atoms with Crippen molar-refractivity contribution in [2.45, 2.75) is 38.3 Å². The lowest BCUT2D eigenvalue weighted by molar-refractivity contribution is -0.142. The number of likely N-dealkylation sites (N-methyl/N-ethyl adjacent to an activating group) is 1. The molecule has 0 aliphatic carbocycles. The van der Waals surface area contributed by atoms with E-state index < -0.39 is 0 Å². The van der Waals surface area contributed by atoms with E-state index in [4.69, 9.17) is 9.47 Å². The Hall–Kier alpha value is -0.610. The van der Waals surface area contributed by atoms with Gasteiger partial charge in [0.05, 0.1) is 12.7 Å². The highest BCUT2D eigenvalue weighted by molar-refractivity contribution is 5.77. The standard InChI is InChI=1S/C11H19NO3/c1-2-12(8-9-4-3-6-14-9)10-5-7-15-11(10)13/h9-10H,2-8H2,1H3/t9-,10-/m0/s1. The van der Waals surface area contributed by atoms with E-state index in [2.05, 4.69) is 11.8 Å². The van der Waals surface area contributed by atoms with E-state index in [0.29, 0.717) is 12.7 Å². The van der Waals surface area contributed by atoms with Gasteiger partial charge in [0.15, 0.2) is 0 Å². The maximum absolute atomic E-state index is 11.4. The third-order valence-electron chi connectivity index (χ3n) is 3.22. The molecule has 0 spiro atoms. The summed E-state index contributed by atoms with van der Waals surface area (Å²) in [6.45, 7) is 5.29. The van der Waals surface area contributed by atoms with Crippen molar-refractivity contribution in [1.82, 2.24) is 4.90 Å². The van der Waals surface area contributed by atoms with Crippen LogP contribution >= 0.6 is 0 Å². The van der Waals surface area contributed by atoms with Crippen molar-refractivity contribution >= 4 is 5.97 Å². The third kappa shape index (κ3) is 2.49. The quantitative estimate of drug-likeness (QED) is 0.648. The Labute approximate surface area is 90.5 Å². The monoisotopic (exact) mass is 213 g/mol. The smallest absolute Gasteiger partial charge is 0.323 e. The van der Waals surface area contributed by atoms with E-state index in [1.54, 1.807) is 0 Å². The van der Waals surface area contributed by atoms with Crippen LogP contribution in [0.1, 0.15) is 26.2 Å². The molecule has 0 unspecified atom stereocenters. The molecule has 2 saturated heterocycles. The summed E-state index contributed by atoms with van der Waals surface area (Å²) in [6, 6.07) is -0.0285. The summed E-state index contributed by atoms with van der Waals surface area (Å²) < 4.78 is 10.6. The highest BCUT2D eigenvalue weighted by Gasteiger charge is 2.33. The number of hydrogen-bond acceptors (Lipinski definition) is 4. The maximum Gasteiger partial charge on any atom is 0.323 e. The largest absolute Gasteiger partial charge is 0.464 e. The normalized spacial score (nSPS) is 31.2. The van der Waals surface area contributed by atoms with Gasteiger partial charge >= 0.3 is 5.97 Å². The first-order valence-corrected chi connectivity index (χ1v) is 5.83. The van der Waals surface area contributed by atoms with Crippen molar-refractivity contribution < 1.29 is 14.3 Å². The Morgan fingerprint density at radius 1 is 1.40 bits per heavy atom. The Kier molecular flexibility index (Phi) is 3.59. The average molecular weight is 213 g/mol. The summed E-state index contributed by atoms with van der Waals surface area (Å²) in [5.41, 5.74) is 0. The van der Waals surface area contributed by atoms with Crippen LogP contribution < -0.4 is 0 Å². The zero-order chi connectivity index (χ0) is 10.7. The second-order valence-electron chi connectivity index (χ2n) is 4.19. The molecule has 0 amide bonds. The second-order valence-corrected chi connectivity index (χ2v) is 4.19. The first-order chi connectivity index (χ1) is 7.31. The number of esters is 1. The van der Waals surface area contributed by atoms with Crippen LogP contribution in [0.15, 0.2) is 0 Å². The molecule has 0 aromatic rings. The van der Waals surface area contributed by atoms with Crippen molar-refractivity contribution in [1.29, 1.82) is 0 Å². The van der Waals surface area contributed by atoms with Crippen molar-refractivity contribution in [3.8, 4) is 0 Å². The van der Waals surface area contributed by atoms with Crippen LogP contribution in [0.25, 0.3) is 0 Å². The van der Waals surface area contributed by atoms with E-state index >= 15 is 0 Å². The molecule has 0 aromatic carbocycles. The number of rotatable bonds is 4. The Bertz CT molecular complexity index is 226. The predicted molar refractivity (Wildman–Crippen MR) is 55.6 cm³/mol. The third-order valence-corrected chi connectivity index (χ3v) is 3.22. The van der Waals surface area contributed by atoms with Gasteiger partial charge in [-0.2, -0.15) is 0 Å². The Morgan fingerprint density at radius 2 is 2.27 bits per heavy atom. The summed E-state index contributed by atoms with van der Waals surface area (Å²) in [5, 5.41) is 0. The maximum atomic E-state index is 11.4. The molecular weight excluding hydrogens is 194 g/mol. The fourth-order valence-electron chi connectivity index (χ4n) is 2.34. The number of ether oxygens (including phenoxy) is 2. The molecule has 2 atom stereocenters. The van der Waals surface area contributed by atoms with Gasteiger partial charge in [0.25, 0.3) is 0 Å². The molecule has 4 heteroatoms. The van der Waals surface area contributed by atoms with Crippen LogP contribution in [-0.2, 0) is 14.3 Å². The summed E-state index contributed by atoms with van der Waals surface area (Å²) >= 11 is 0. The minimum atomic E-state index is -0.0603. The van der Waals surface area contributed by atoms with Crippen LogP contribution in [0.2, 0.25) is 0 Å². The van der Waals surface area contributed by atoms with E-state index in [0.717, 1.165) is 39.0 Å².